The van der Waals surface area contributed by atoms with E-state index >= 15 is 0 Å². The Labute approximate surface area is 88.1 Å². The zero-order valence-electron chi connectivity index (χ0n) is 10.4. The molecule has 0 atom stereocenters. The Morgan fingerprint density at radius 3 is 1.00 bits per heavy atom. The first-order valence-electron chi connectivity index (χ1n) is 5.42. The highest BCUT2D eigenvalue weighted by atomic mass is 16.1. The first kappa shape index (κ1) is 15.8. The van der Waals surface area contributed by atoms with Crippen LogP contribution in [0.15, 0.2) is 0 Å². The number of carbonyl (C=O) groups is 2. The van der Waals surface area contributed by atoms with Gasteiger partial charge in [-0.05, 0) is 0 Å². The van der Waals surface area contributed by atoms with Crippen LogP contribution in [0.4, 0.5) is 0 Å². The molecule has 0 saturated heterocycles. The molecule has 0 bridgehead atoms. The lowest BCUT2D eigenvalue weighted by Gasteiger charge is -1.96. The van der Waals surface area contributed by atoms with Crippen LogP contribution in [-0.4, -0.2) is 11.6 Å². The van der Waals surface area contributed by atoms with Crippen molar-refractivity contribution in [3.63, 3.8) is 0 Å². The molecule has 0 aromatic heterocycles. The summed E-state index contributed by atoms with van der Waals surface area (Å²) in [7, 11) is 0. The second kappa shape index (κ2) is 8.92. The van der Waals surface area contributed by atoms with Crippen LogP contribution < -0.4 is 0 Å². The van der Waals surface area contributed by atoms with Gasteiger partial charge in [-0.25, -0.2) is 0 Å². The van der Waals surface area contributed by atoms with E-state index in [1.54, 1.807) is 0 Å². The second-order valence-corrected chi connectivity index (χ2v) is 3.95. The number of carbonyl (C=O) groups excluding carboxylic acids is 2. The number of hydrogen-bond donors (Lipinski definition) is 0. The van der Waals surface area contributed by atoms with Crippen molar-refractivity contribution in [1.29, 1.82) is 0 Å². The van der Waals surface area contributed by atoms with E-state index < -0.39 is 0 Å². The summed E-state index contributed by atoms with van der Waals surface area (Å²) in [4.78, 5) is 21.0. The monoisotopic (exact) mass is 200 g/mol. The number of hydrogen-bond acceptors (Lipinski definition) is 2. The van der Waals surface area contributed by atoms with Gasteiger partial charge in [-0.3, -0.25) is 9.59 Å². The van der Waals surface area contributed by atoms with Gasteiger partial charge in [0.1, 0.15) is 11.6 Å². The molecule has 0 unspecified atom stereocenters. The van der Waals surface area contributed by atoms with E-state index in [0.717, 1.165) is 0 Å². The SMILES string of the molecule is CCC(=O)C(C)C.CCC(=O)C(C)C. The molecule has 84 valence electrons. The molecule has 0 fully saturated rings. The highest BCUT2D eigenvalue weighted by molar-refractivity contribution is 5.80. The molecule has 0 spiro atoms. The minimum Gasteiger partial charge on any atom is -0.299 e. The summed E-state index contributed by atoms with van der Waals surface area (Å²) in [5.74, 6) is 1.15. The van der Waals surface area contributed by atoms with Gasteiger partial charge in [0, 0.05) is 24.7 Å². The minimum absolute atomic E-state index is 0.227. The van der Waals surface area contributed by atoms with E-state index in [4.69, 9.17) is 0 Å². The summed E-state index contributed by atoms with van der Waals surface area (Å²) >= 11 is 0. The smallest absolute Gasteiger partial charge is 0.135 e. The van der Waals surface area contributed by atoms with E-state index in [1.807, 2.05) is 41.5 Å². The molecular weight excluding hydrogens is 176 g/mol. The quantitative estimate of drug-likeness (QED) is 0.698. The van der Waals surface area contributed by atoms with Gasteiger partial charge in [-0.1, -0.05) is 41.5 Å². The molecule has 0 saturated carbocycles. The van der Waals surface area contributed by atoms with Gasteiger partial charge in [0.25, 0.3) is 0 Å². The van der Waals surface area contributed by atoms with Gasteiger partial charge in [0.15, 0.2) is 0 Å². The molecule has 2 nitrogen and oxygen atoms in total. The van der Waals surface area contributed by atoms with Crippen LogP contribution in [0.2, 0.25) is 0 Å². The van der Waals surface area contributed by atoms with Crippen molar-refractivity contribution in [3.05, 3.63) is 0 Å². The molecule has 0 aliphatic carbocycles. The van der Waals surface area contributed by atoms with Crippen molar-refractivity contribution in [1.82, 2.24) is 0 Å². The van der Waals surface area contributed by atoms with Gasteiger partial charge in [-0.15, -0.1) is 0 Å². The van der Waals surface area contributed by atoms with Gasteiger partial charge in [0.05, 0.1) is 0 Å². The second-order valence-electron chi connectivity index (χ2n) is 3.95. The minimum atomic E-state index is 0.227. The summed E-state index contributed by atoms with van der Waals surface area (Å²) in [5.41, 5.74) is 0. The van der Waals surface area contributed by atoms with Crippen LogP contribution >= 0.6 is 0 Å². The first-order chi connectivity index (χ1) is 6.36. The van der Waals surface area contributed by atoms with Crippen LogP contribution in [-0.2, 0) is 9.59 Å². The fourth-order valence-corrected chi connectivity index (χ4v) is 0.816. The summed E-state index contributed by atoms with van der Waals surface area (Å²) in [6.45, 7) is 11.5. The predicted molar refractivity (Wildman–Crippen MR) is 60.3 cm³/mol. The molecule has 0 N–H and O–H groups in total. The lowest BCUT2D eigenvalue weighted by molar-refractivity contribution is -0.122. The Morgan fingerprint density at radius 1 is 0.786 bits per heavy atom. The topological polar surface area (TPSA) is 34.1 Å². The molecule has 2 heteroatoms. The van der Waals surface area contributed by atoms with E-state index in [-0.39, 0.29) is 11.8 Å². The Hall–Kier alpha value is -0.660. The number of Topliss-reactive ketones (excluding diaryl/α,β-unsaturated/α-hetero) is 2. The van der Waals surface area contributed by atoms with Gasteiger partial charge >= 0.3 is 0 Å². The first-order valence-corrected chi connectivity index (χ1v) is 5.42. The summed E-state index contributed by atoms with van der Waals surface area (Å²) < 4.78 is 0. The van der Waals surface area contributed by atoms with Crippen molar-refractivity contribution in [2.24, 2.45) is 11.8 Å². The molecule has 0 aliphatic rings. The summed E-state index contributed by atoms with van der Waals surface area (Å²) in [6.07, 6.45) is 1.36. The lowest BCUT2D eigenvalue weighted by atomic mass is 10.1. The zero-order valence-corrected chi connectivity index (χ0v) is 10.4. The van der Waals surface area contributed by atoms with Crippen LogP contribution in [0.25, 0.3) is 0 Å². The van der Waals surface area contributed by atoms with E-state index in [9.17, 15) is 9.59 Å². The third-order valence-corrected chi connectivity index (χ3v) is 1.98. The van der Waals surface area contributed by atoms with Gasteiger partial charge in [-0.2, -0.15) is 0 Å². The van der Waals surface area contributed by atoms with E-state index in [1.165, 1.54) is 0 Å². The molecule has 14 heavy (non-hydrogen) atoms. The molecule has 0 aliphatic heterocycles. The fourth-order valence-electron chi connectivity index (χ4n) is 0.816. The lowest BCUT2D eigenvalue weighted by Crippen LogP contribution is -2.03. The van der Waals surface area contributed by atoms with Crippen molar-refractivity contribution >= 4 is 11.6 Å². The maximum absolute atomic E-state index is 10.5. The van der Waals surface area contributed by atoms with Gasteiger partial charge in [0.2, 0.25) is 0 Å². The van der Waals surface area contributed by atoms with Crippen molar-refractivity contribution in [2.45, 2.75) is 54.4 Å². The maximum Gasteiger partial charge on any atom is 0.135 e. The average Bonchev–Trinajstić information content (AvgIpc) is 2.15. The molecular formula is C12H24O2. The summed E-state index contributed by atoms with van der Waals surface area (Å²) in [6, 6.07) is 0. The molecule has 0 aromatic rings. The normalized spacial score (nSPS) is 9.71. The predicted octanol–water partition coefficient (Wildman–Crippen LogP) is 3.24. The van der Waals surface area contributed by atoms with Crippen molar-refractivity contribution in [2.75, 3.05) is 0 Å². The molecule has 0 radical (unpaired) electrons. The Kier molecular flexibility index (Phi) is 10.1. The molecule has 0 heterocycles. The van der Waals surface area contributed by atoms with Crippen LogP contribution in [0.1, 0.15) is 54.4 Å². The van der Waals surface area contributed by atoms with Crippen LogP contribution in [0.5, 0.6) is 0 Å². The van der Waals surface area contributed by atoms with Gasteiger partial charge < -0.3 is 0 Å². The fraction of sp³-hybridized carbons (Fsp3) is 0.833. The number of rotatable bonds is 4. The number of ketones is 2. The Bertz CT molecular complexity index is 149. The van der Waals surface area contributed by atoms with E-state index in [0.29, 0.717) is 24.4 Å². The largest absolute Gasteiger partial charge is 0.299 e. The average molecular weight is 200 g/mol. The summed E-state index contributed by atoms with van der Waals surface area (Å²) in [5, 5.41) is 0. The van der Waals surface area contributed by atoms with Crippen molar-refractivity contribution < 1.29 is 9.59 Å². The highest BCUT2D eigenvalue weighted by Gasteiger charge is 2.01. The standard InChI is InChI=1S/2C6H12O/c2*1-4-6(7)5(2)3/h2*5H,4H2,1-3H3. The third kappa shape index (κ3) is 9.43. The van der Waals surface area contributed by atoms with Crippen molar-refractivity contribution in [3.8, 4) is 0 Å². The zero-order chi connectivity index (χ0) is 11.7. The van der Waals surface area contributed by atoms with E-state index in [2.05, 4.69) is 0 Å². The Morgan fingerprint density at radius 2 is 1.00 bits per heavy atom. The molecule has 0 amide bonds. The maximum atomic E-state index is 10.5. The highest BCUT2D eigenvalue weighted by Crippen LogP contribution is 1.96. The van der Waals surface area contributed by atoms with Crippen LogP contribution in [0, 0.1) is 11.8 Å². The van der Waals surface area contributed by atoms with Crippen LogP contribution in [0.3, 0.4) is 0 Å². The third-order valence-electron chi connectivity index (χ3n) is 1.98. The Balaban J connectivity index is 0. The molecule has 0 aromatic carbocycles. The molecule has 0 rings (SSSR count).